The summed E-state index contributed by atoms with van der Waals surface area (Å²) in [5.74, 6) is -2.96. The predicted octanol–water partition coefficient (Wildman–Crippen LogP) is 2.93. The van der Waals surface area contributed by atoms with Crippen LogP contribution in [0.1, 0.15) is 10.4 Å². The van der Waals surface area contributed by atoms with Gasteiger partial charge in [0.05, 0.1) is 12.7 Å². The number of ether oxygens (including phenoxy) is 1. The Morgan fingerprint density at radius 1 is 1.15 bits per heavy atom. The number of anilines is 1. The Balaban J connectivity index is 2.34. The smallest absolute Gasteiger partial charge is 0.259 e. The number of rotatable bonds is 3. The van der Waals surface area contributed by atoms with Crippen molar-refractivity contribution in [2.45, 2.75) is 0 Å². The Morgan fingerprint density at radius 2 is 1.75 bits per heavy atom. The lowest BCUT2D eigenvalue weighted by Gasteiger charge is -2.10. The third-order valence-corrected chi connectivity index (χ3v) is 2.66. The molecule has 0 aliphatic rings. The zero-order chi connectivity index (χ0) is 14.7. The van der Waals surface area contributed by atoms with Crippen molar-refractivity contribution in [2.75, 3.05) is 12.4 Å². The summed E-state index contributed by atoms with van der Waals surface area (Å²) in [6, 6.07) is 7.46. The second-order valence-corrected chi connectivity index (χ2v) is 3.91. The van der Waals surface area contributed by atoms with Crippen LogP contribution in [0.15, 0.2) is 36.4 Å². The van der Waals surface area contributed by atoms with E-state index in [1.165, 1.54) is 31.4 Å². The topological polar surface area (TPSA) is 58.6 Å². The van der Waals surface area contributed by atoms with Gasteiger partial charge in [-0.05, 0) is 24.3 Å². The quantitative estimate of drug-likeness (QED) is 0.908. The molecule has 104 valence electrons. The van der Waals surface area contributed by atoms with E-state index in [2.05, 4.69) is 5.32 Å². The maximum absolute atomic E-state index is 13.4. The van der Waals surface area contributed by atoms with Crippen molar-refractivity contribution in [1.82, 2.24) is 0 Å². The highest BCUT2D eigenvalue weighted by Crippen LogP contribution is 2.30. The molecule has 2 rings (SSSR count). The fourth-order valence-electron chi connectivity index (χ4n) is 1.67. The molecule has 0 spiro atoms. The molecule has 0 unspecified atom stereocenters. The van der Waals surface area contributed by atoms with Crippen LogP contribution in [0.2, 0.25) is 0 Å². The number of methoxy groups -OCH3 is 1. The van der Waals surface area contributed by atoms with Crippen molar-refractivity contribution < 1.29 is 23.4 Å². The second-order valence-electron chi connectivity index (χ2n) is 3.91. The molecule has 0 radical (unpaired) electrons. The van der Waals surface area contributed by atoms with Gasteiger partial charge in [0.1, 0.15) is 17.3 Å². The molecular weight excluding hydrogens is 268 g/mol. The number of phenolic OH excluding ortho intramolecular Hbond substituents is 1. The Morgan fingerprint density at radius 3 is 2.35 bits per heavy atom. The second kappa shape index (κ2) is 5.56. The number of halogens is 2. The average molecular weight is 279 g/mol. The molecule has 2 aromatic rings. The van der Waals surface area contributed by atoms with E-state index < -0.39 is 29.0 Å². The van der Waals surface area contributed by atoms with Gasteiger partial charge in [-0.25, -0.2) is 8.78 Å². The molecule has 2 aromatic carbocycles. The molecule has 0 bridgehead atoms. The summed E-state index contributed by atoms with van der Waals surface area (Å²) in [7, 11) is 1.33. The minimum absolute atomic E-state index is 0.0895. The first kappa shape index (κ1) is 13.8. The maximum Gasteiger partial charge on any atom is 0.259 e. The van der Waals surface area contributed by atoms with Gasteiger partial charge in [-0.2, -0.15) is 0 Å². The maximum atomic E-state index is 13.4. The highest BCUT2D eigenvalue weighted by molar-refractivity contribution is 6.06. The molecule has 0 aromatic heterocycles. The zero-order valence-electron chi connectivity index (χ0n) is 10.5. The van der Waals surface area contributed by atoms with Crippen molar-refractivity contribution in [3.05, 3.63) is 53.6 Å². The summed E-state index contributed by atoms with van der Waals surface area (Å²) in [5, 5.41) is 11.9. The number of hydrogen-bond acceptors (Lipinski definition) is 3. The summed E-state index contributed by atoms with van der Waals surface area (Å²) in [4.78, 5) is 11.9. The van der Waals surface area contributed by atoms with Crippen LogP contribution < -0.4 is 10.1 Å². The summed E-state index contributed by atoms with van der Waals surface area (Å²) >= 11 is 0. The van der Waals surface area contributed by atoms with Crippen molar-refractivity contribution in [3.63, 3.8) is 0 Å². The number of aromatic hydroxyl groups is 1. The Kier molecular flexibility index (Phi) is 3.84. The third kappa shape index (κ3) is 2.54. The monoisotopic (exact) mass is 279 g/mol. The van der Waals surface area contributed by atoms with Crippen LogP contribution in [-0.2, 0) is 0 Å². The lowest BCUT2D eigenvalue weighted by atomic mass is 10.1. The van der Waals surface area contributed by atoms with Gasteiger partial charge in [-0.3, -0.25) is 4.79 Å². The molecular formula is C14H11F2NO3. The number of carbonyl (C=O) groups is 1. The highest BCUT2D eigenvalue weighted by atomic mass is 19.1. The van der Waals surface area contributed by atoms with E-state index in [0.29, 0.717) is 0 Å². The van der Waals surface area contributed by atoms with Crippen LogP contribution in [0.3, 0.4) is 0 Å². The van der Waals surface area contributed by atoms with E-state index in [4.69, 9.17) is 4.74 Å². The normalized spacial score (nSPS) is 10.2. The summed E-state index contributed by atoms with van der Waals surface area (Å²) < 4.78 is 31.7. The fourth-order valence-corrected chi connectivity index (χ4v) is 1.67. The molecule has 0 aliphatic heterocycles. The first-order chi connectivity index (χ1) is 9.54. The van der Waals surface area contributed by atoms with E-state index in [9.17, 15) is 18.7 Å². The SMILES string of the molecule is COc1cccc(C(=O)Nc2c(F)cccc2F)c1O. The standard InChI is InChI=1S/C14H11F2NO3/c1-20-11-7-2-4-8(13(11)18)14(19)17-12-9(15)5-3-6-10(12)16/h2-7,18H,1H3,(H,17,19). The molecule has 0 atom stereocenters. The summed E-state index contributed by atoms with van der Waals surface area (Å²) in [5.41, 5.74) is -0.716. The summed E-state index contributed by atoms with van der Waals surface area (Å²) in [6.07, 6.45) is 0. The van der Waals surface area contributed by atoms with Crippen molar-refractivity contribution in [1.29, 1.82) is 0 Å². The Bertz CT molecular complexity index is 639. The van der Waals surface area contributed by atoms with Crippen LogP contribution >= 0.6 is 0 Å². The number of carbonyl (C=O) groups excluding carboxylic acids is 1. The highest BCUT2D eigenvalue weighted by Gasteiger charge is 2.18. The van der Waals surface area contributed by atoms with E-state index in [-0.39, 0.29) is 11.3 Å². The predicted molar refractivity (Wildman–Crippen MR) is 69.0 cm³/mol. The Hall–Kier alpha value is -2.63. The molecule has 0 saturated carbocycles. The number of phenols is 1. The van der Waals surface area contributed by atoms with Crippen LogP contribution in [0, 0.1) is 11.6 Å². The molecule has 0 saturated heterocycles. The molecule has 4 nitrogen and oxygen atoms in total. The van der Waals surface area contributed by atoms with Crippen LogP contribution in [0.4, 0.5) is 14.5 Å². The van der Waals surface area contributed by atoms with E-state index in [1.807, 2.05) is 0 Å². The lowest BCUT2D eigenvalue weighted by Crippen LogP contribution is -2.14. The molecule has 0 fully saturated rings. The van der Waals surface area contributed by atoms with Gasteiger partial charge in [0.15, 0.2) is 11.5 Å². The van der Waals surface area contributed by atoms with Gasteiger partial charge in [0, 0.05) is 0 Å². The molecule has 1 amide bonds. The number of benzene rings is 2. The summed E-state index contributed by atoms with van der Waals surface area (Å²) in [6.45, 7) is 0. The number of nitrogens with one attached hydrogen (secondary N) is 1. The van der Waals surface area contributed by atoms with Gasteiger partial charge in [0.25, 0.3) is 5.91 Å². The molecule has 6 heteroatoms. The molecule has 2 N–H and O–H groups in total. The van der Waals surface area contributed by atoms with E-state index in [1.54, 1.807) is 0 Å². The lowest BCUT2D eigenvalue weighted by molar-refractivity contribution is 0.102. The molecule has 0 heterocycles. The minimum atomic E-state index is -0.902. The van der Waals surface area contributed by atoms with Gasteiger partial charge in [0.2, 0.25) is 0 Å². The van der Waals surface area contributed by atoms with E-state index in [0.717, 1.165) is 12.1 Å². The van der Waals surface area contributed by atoms with Gasteiger partial charge in [-0.15, -0.1) is 0 Å². The number of amides is 1. The van der Waals surface area contributed by atoms with E-state index >= 15 is 0 Å². The van der Waals surface area contributed by atoms with Gasteiger partial charge in [-0.1, -0.05) is 12.1 Å². The largest absolute Gasteiger partial charge is 0.504 e. The first-order valence-corrected chi connectivity index (χ1v) is 5.66. The van der Waals surface area contributed by atoms with Gasteiger partial charge < -0.3 is 15.2 Å². The van der Waals surface area contributed by atoms with Crippen molar-refractivity contribution in [2.24, 2.45) is 0 Å². The van der Waals surface area contributed by atoms with Crippen LogP contribution in [-0.4, -0.2) is 18.1 Å². The van der Waals surface area contributed by atoms with Crippen LogP contribution in [0.5, 0.6) is 11.5 Å². The number of hydrogen-bond donors (Lipinski definition) is 2. The fraction of sp³-hybridized carbons (Fsp3) is 0.0714. The Labute approximate surface area is 113 Å². The number of para-hydroxylation sites is 2. The third-order valence-electron chi connectivity index (χ3n) is 2.66. The van der Waals surface area contributed by atoms with Crippen molar-refractivity contribution >= 4 is 11.6 Å². The molecule has 20 heavy (non-hydrogen) atoms. The van der Waals surface area contributed by atoms with Gasteiger partial charge >= 0.3 is 0 Å². The average Bonchev–Trinajstić information content (AvgIpc) is 2.43. The van der Waals surface area contributed by atoms with Crippen LogP contribution in [0.25, 0.3) is 0 Å². The minimum Gasteiger partial charge on any atom is -0.504 e. The molecule has 0 aliphatic carbocycles. The van der Waals surface area contributed by atoms with Crippen molar-refractivity contribution in [3.8, 4) is 11.5 Å². The first-order valence-electron chi connectivity index (χ1n) is 5.66. The zero-order valence-corrected chi connectivity index (χ0v) is 10.5.